The maximum atomic E-state index is 11.6. The van der Waals surface area contributed by atoms with Gasteiger partial charge in [0.25, 0.3) is 0 Å². The van der Waals surface area contributed by atoms with E-state index in [-0.39, 0.29) is 18.4 Å². The van der Waals surface area contributed by atoms with Crippen molar-refractivity contribution in [3.8, 4) is 0 Å². The topological polar surface area (TPSA) is 67.4 Å². The zero-order valence-corrected chi connectivity index (χ0v) is 10.2. The first-order chi connectivity index (χ1) is 8.66. The highest BCUT2D eigenvalue weighted by Gasteiger charge is 2.32. The average Bonchev–Trinajstić information content (AvgIpc) is 2.69. The fourth-order valence-electron chi connectivity index (χ4n) is 1.85. The van der Waals surface area contributed by atoms with Crippen molar-refractivity contribution in [1.82, 2.24) is 10.6 Å². The third-order valence-electron chi connectivity index (χ3n) is 2.94. The second-order valence-corrected chi connectivity index (χ2v) is 4.41. The highest BCUT2D eigenvalue weighted by atomic mass is 16.5. The Bertz CT molecular complexity index is 433. The van der Waals surface area contributed by atoms with Gasteiger partial charge >= 0.3 is 6.09 Å². The van der Waals surface area contributed by atoms with E-state index in [1.165, 1.54) is 0 Å². The van der Waals surface area contributed by atoms with Gasteiger partial charge < -0.3 is 15.4 Å². The molecule has 1 aromatic carbocycles. The predicted molar refractivity (Wildman–Crippen MR) is 65.7 cm³/mol. The third kappa shape index (κ3) is 3.00. The molecule has 1 saturated heterocycles. The molecule has 0 unspecified atom stereocenters. The van der Waals surface area contributed by atoms with Gasteiger partial charge in [-0.25, -0.2) is 4.79 Å². The summed E-state index contributed by atoms with van der Waals surface area (Å²) in [6, 6.07) is 8.91. The summed E-state index contributed by atoms with van der Waals surface area (Å²) >= 11 is 0. The van der Waals surface area contributed by atoms with Gasteiger partial charge in [0, 0.05) is 12.5 Å². The summed E-state index contributed by atoms with van der Waals surface area (Å²) < 4.78 is 5.06. The largest absolute Gasteiger partial charge is 0.445 e. The maximum Gasteiger partial charge on any atom is 0.408 e. The van der Waals surface area contributed by atoms with Crippen LogP contribution in [-0.2, 0) is 16.1 Å². The first kappa shape index (κ1) is 12.4. The van der Waals surface area contributed by atoms with E-state index >= 15 is 0 Å². The van der Waals surface area contributed by atoms with E-state index in [9.17, 15) is 9.59 Å². The minimum atomic E-state index is -0.562. The van der Waals surface area contributed by atoms with Crippen LogP contribution in [0.15, 0.2) is 30.3 Å². The molecule has 2 amide bonds. The van der Waals surface area contributed by atoms with Crippen molar-refractivity contribution >= 4 is 12.0 Å². The maximum absolute atomic E-state index is 11.6. The number of alkyl carbamates (subject to hydrolysis) is 1. The molecule has 0 aliphatic carbocycles. The molecule has 96 valence electrons. The summed E-state index contributed by atoms with van der Waals surface area (Å²) in [5.41, 5.74) is 0.913. The Labute approximate surface area is 106 Å². The summed E-state index contributed by atoms with van der Waals surface area (Å²) in [6.45, 7) is 2.69. The van der Waals surface area contributed by atoms with Crippen molar-refractivity contribution < 1.29 is 14.3 Å². The molecule has 1 aliphatic heterocycles. The number of benzene rings is 1. The molecule has 2 atom stereocenters. The van der Waals surface area contributed by atoms with Gasteiger partial charge in [-0.15, -0.1) is 0 Å². The van der Waals surface area contributed by atoms with Crippen molar-refractivity contribution in [2.45, 2.75) is 19.6 Å². The zero-order valence-electron chi connectivity index (χ0n) is 10.2. The molecule has 18 heavy (non-hydrogen) atoms. The highest BCUT2D eigenvalue weighted by Crippen LogP contribution is 2.09. The number of carbonyl (C=O) groups excluding carboxylic acids is 2. The van der Waals surface area contributed by atoms with Crippen molar-refractivity contribution in [1.29, 1.82) is 0 Å². The van der Waals surface area contributed by atoms with E-state index in [4.69, 9.17) is 4.74 Å². The smallest absolute Gasteiger partial charge is 0.408 e. The molecule has 0 saturated carbocycles. The van der Waals surface area contributed by atoms with E-state index in [0.29, 0.717) is 6.54 Å². The van der Waals surface area contributed by atoms with E-state index in [0.717, 1.165) is 5.56 Å². The van der Waals surface area contributed by atoms with E-state index < -0.39 is 12.1 Å². The first-order valence-corrected chi connectivity index (χ1v) is 5.92. The third-order valence-corrected chi connectivity index (χ3v) is 2.94. The Morgan fingerprint density at radius 1 is 1.44 bits per heavy atom. The molecule has 5 nitrogen and oxygen atoms in total. The number of amides is 2. The number of nitrogens with one attached hydrogen (secondary N) is 2. The van der Waals surface area contributed by atoms with Crippen LogP contribution in [0.3, 0.4) is 0 Å². The number of ether oxygens (including phenoxy) is 1. The van der Waals surface area contributed by atoms with Crippen LogP contribution in [0.25, 0.3) is 0 Å². The fraction of sp³-hybridized carbons (Fsp3) is 0.385. The van der Waals surface area contributed by atoms with Gasteiger partial charge in [0.15, 0.2) is 0 Å². The highest BCUT2D eigenvalue weighted by molar-refractivity contribution is 5.87. The lowest BCUT2D eigenvalue weighted by Crippen LogP contribution is -2.43. The van der Waals surface area contributed by atoms with Gasteiger partial charge in [-0.1, -0.05) is 37.3 Å². The molecule has 2 rings (SSSR count). The van der Waals surface area contributed by atoms with Crippen molar-refractivity contribution in [2.24, 2.45) is 5.92 Å². The number of carbonyl (C=O) groups is 2. The van der Waals surface area contributed by atoms with E-state index in [2.05, 4.69) is 10.6 Å². The van der Waals surface area contributed by atoms with Gasteiger partial charge in [-0.05, 0) is 5.56 Å². The summed E-state index contributed by atoms with van der Waals surface area (Å²) in [4.78, 5) is 23.0. The molecule has 1 heterocycles. The van der Waals surface area contributed by atoms with Gasteiger partial charge in [-0.3, -0.25) is 4.79 Å². The molecule has 0 radical (unpaired) electrons. The van der Waals surface area contributed by atoms with Crippen LogP contribution in [0.5, 0.6) is 0 Å². The standard InChI is InChI=1S/C13H16N2O3/c1-9-7-14-12(16)11(9)15-13(17)18-8-10-5-3-2-4-6-10/h2-6,9,11H,7-8H2,1H3,(H,14,16)(H,15,17)/t9-,11+/m1/s1. The Balaban J connectivity index is 1.80. The van der Waals surface area contributed by atoms with Crippen LogP contribution in [0.1, 0.15) is 12.5 Å². The van der Waals surface area contributed by atoms with Gasteiger partial charge in [0.05, 0.1) is 0 Å². The van der Waals surface area contributed by atoms with Crippen molar-refractivity contribution in [3.05, 3.63) is 35.9 Å². The molecule has 0 bridgehead atoms. The molecule has 5 heteroatoms. The zero-order chi connectivity index (χ0) is 13.0. The first-order valence-electron chi connectivity index (χ1n) is 5.92. The molecule has 1 fully saturated rings. The molecule has 0 spiro atoms. The summed E-state index contributed by atoms with van der Waals surface area (Å²) in [6.07, 6.45) is -0.562. The van der Waals surface area contributed by atoms with Crippen LogP contribution < -0.4 is 10.6 Å². The molecule has 1 aromatic rings. The monoisotopic (exact) mass is 248 g/mol. The Hall–Kier alpha value is -2.04. The summed E-state index contributed by atoms with van der Waals surface area (Å²) in [5.74, 6) is -0.0686. The normalized spacial score (nSPS) is 22.4. The number of hydrogen-bond acceptors (Lipinski definition) is 3. The molecule has 0 aromatic heterocycles. The minimum absolute atomic E-state index is 0.0850. The lowest BCUT2D eigenvalue weighted by atomic mass is 10.1. The van der Waals surface area contributed by atoms with Crippen LogP contribution >= 0.6 is 0 Å². The van der Waals surface area contributed by atoms with Crippen LogP contribution in [0.4, 0.5) is 4.79 Å². The second kappa shape index (κ2) is 5.53. The molecule has 1 aliphatic rings. The quantitative estimate of drug-likeness (QED) is 0.840. The van der Waals surface area contributed by atoms with Crippen LogP contribution in [0, 0.1) is 5.92 Å². The van der Waals surface area contributed by atoms with Crippen LogP contribution in [0.2, 0.25) is 0 Å². The summed E-state index contributed by atoms with van der Waals surface area (Å²) in [5, 5.41) is 5.26. The van der Waals surface area contributed by atoms with Crippen LogP contribution in [-0.4, -0.2) is 24.6 Å². The van der Waals surface area contributed by atoms with Gasteiger partial charge in [0.2, 0.25) is 5.91 Å². The SMILES string of the molecule is C[C@@H]1CNC(=O)[C@H]1NC(=O)OCc1ccccc1. The van der Waals surface area contributed by atoms with Gasteiger partial charge in [0.1, 0.15) is 12.6 Å². The predicted octanol–water partition coefficient (Wildman–Crippen LogP) is 1.05. The lowest BCUT2D eigenvalue weighted by Gasteiger charge is -2.14. The van der Waals surface area contributed by atoms with E-state index in [1.807, 2.05) is 37.3 Å². The Kier molecular flexibility index (Phi) is 3.82. The van der Waals surface area contributed by atoms with Gasteiger partial charge in [-0.2, -0.15) is 0 Å². The molecule has 2 N–H and O–H groups in total. The van der Waals surface area contributed by atoms with Crippen molar-refractivity contribution in [3.63, 3.8) is 0 Å². The number of rotatable bonds is 3. The number of hydrogen-bond donors (Lipinski definition) is 2. The lowest BCUT2D eigenvalue weighted by molar-refractivity contribution is -0.121. The van der Waals surface area contributed by atoms with E-state index in [1.54, 1.807) is 0 Å². The average molecular weight is 248 g/mol. The fourth-order valence-corrected chi connectivity index (χ4v) is 1.85. The second-order valence-electron chi connectivity index (χ2n) is 4.41. The Morgan fingerprint density at radius 2 is 2.17 bits per heavy atom. The minimum Gasteiger partial charge on any atom is -0.445 e. The molecular weight excluding hydrogens is 232 g/mol. The van der Waals surface area contributed by atoms with Crippen molar-refractivity contribution in [2.75, 3.05) is 6.54 Å². The Morgan fingerprint density at radius 3 is 2.78 bits per heavy atom. The molecular formula is C13H16N2O3. The summed E-state index contributed by atoms with van der Waals surface area (Å²) in [7, 11) is 0.